The number of ether oxygens (including phenoxy) is 3. The van der Waals surface area contributed by atoms with Gasteiger partial charge in [0.1, 0.15) is 13.2 Å². The van der Waals surface area contributed by atoms with Crippen LogP contribution in [0.15, 0.2) is 0 Å². The summed E-state index contributed by atoms with van der Waals surface area (Å²) in [6, 6.07) is 0. The molecule has 0 heterocycles. The molecule has 0 aromatic heterocycles. The van der Waals surface area contributed by atoms with E-state index in [0.29, 0.717) is 19.3 Å². The number of hydrogen-bond donors (Lipinski definition) is 0. The van der Waals surface area contributed by atoms with E-state index in [2.05, 4.69) is 34.6 Å². The molecule has 0 aliphatic carbocycles. The van der Waals surface area contributed by atoms with E-state index in [9.17, 15) is 14.4 Å². The Morgan fingerprint density at radius 1 is 0.318 bits per heavy atom. The van der Waals surface area contributed by atoms with Crippen LogP contribution in [0.4, 0.5) is 0 Å². The average molecular weight is 934 g/mol. The first-order valence-corrected chi connectivity index (χ1v) is 29.8. The van der Waals surface area contributed by atoms with Gasteiger partial charge in [-0.05, 0) is 31.1 Å². The van der Waals surface area contributed by atoms with Gasteiger partial charge in [0.25, 0.3) is 0 Å². The Bertz CT molecular complexity index is 1010. The SMILES string of the molecule is CCCCCCCCCCCCCCCCCC(=O)OC[C@@H](COC(=O)CCCCCCCCCCCCCCC(C)C)OC(=O)CCCCCCCCCCCCCCCCC(C)CC. The van der Waals surface area contributed by atoms with Gasteiger partial charge < -0.3 is 14.2 Å². The molecule has 0 rings (SSSR count). The molecule has 0 aliphatic rings. The molecule has 0 bridgehead atoms. The third-order valence-electron chi connectivity index (χ3n) is 14.1. The van der Waals surface area contributed by atoms with Crippen LogP contribution in [-0.2, 0) is 28.6 Å². The van der Waals surface area contributed by atoms with Crippen molar-refractivity contribution in [3.63, 3.8) is 0 Å². The number of carbonyl (C=O) groups excluding carboxylic acids is 3. The zero-order chi connectivity index (χ0) is 48.2. The van der Waals surface area contributed by atoms with E-state index in [4.69, 9.17) is 14.2 Å². The molecular weight excluding hydrogens is 817 g/mol. The first-order valence-electron chi connectivity index (χ1n) is 29.8. The van der Waals surface area contributed by atoms with Gasteiger partial charge in [0.2, 0.25) is 0 Å². The average Bonchev–Trinajstić information content (AvgIpc) is 3.30. The summed E-state index contributed by atoms with van der Waals surface area (Å²) in [6.45, 7) is 11.5. The molecule has 392 valence electrons. The summed E-state index contributed by atoms with van der Waals surface area (Å²) in [6.07, 6.45) is 56.6. The van der Waals surface area contributed by atoms with Crippen molar-refractivity contribution in [2.45, 2.75) is 343 Å². The molecule has 0 radical (unpaired) electrons. The summed E-state index contributed by atoms with van der Waals surface area (Å²) in [4.78, 5) is 38.2. The van der Waals surface area contributed by atoms with E-state index in [-0.39, 0.29) is 31.1 Å². The fraction of sp³-hybridized carbons (Fsp3) is 0.950. The van der Waals surface area contributed by atoms with Crippen molar-refractivity contribution >= 4 is 17.9 Å². The van der Waals surface area contributed by atoms with Crippen molar-refractivity contribution in [1.82, 2.24) is 0 Å². The Kier molecular flexibility index (Phi) is 51.5. The van der Waals surface area contributed by atoms with Crippen LogP contribution in [0.1, 0.15) is 336 Å². The van der Waals surface area contributed by atoms with Gasteiger partial charge in [-0.25, -0.2) is 0 Å². The zero-order valence-electron chi connectivity index (χ0n) is 45.3. The Hall–Kier alpha value is -1.59. The minimum absolute atomic E-state index is 0.0624. The maximum atomic E-state index is 12.9. The molecule has 0 fully saturated rings. The normalized spacial score (nSPS) is 12.5. The summed E-state index contributed by atoms with van der Waals surface area (Å²) < 4.78 is 16.9. The van der Waals surface area contributed by atoms with E-state index in [0.717, 1.165) is 69.6 Å². The van der Waals surface area contributed by atoms with Crippen LogP contribution in [0.25, 0.3) is 0 Å². The molecule has 66 heavy (non-hydrogen) atoms. The zero-order valence-corrected chi connectivity index (χ0v) is 45.3. The predicted molar refractivity (Wildman–Crippen MR) is 284 cm³/mol. The second kappa shape index (κ2) is 52.8. The lowest BCUT2D eigenvalue weighted by molar-refractivity contribution is -0.167. The quantitative estimate of drug-likeness (QED) is 0.0343. The molecule has 2 atom stereocenters. The molecular formula is C60H116O6. The van der Waals surface area contributed by atoms with Crippen LogP contribution < -0.4 is 0 Å². The van der Waals surface area contributed by atoms with Gasteiger partial charge in [-0.1, -0.05) is 298 Å². The highest BCUT2D eigenvalue weighted by Gasteiger charge is 2.19. The lowest BCUT2D eigenvalue weighted by atomic mass is 9.99. The fourth-order valence-corrected chi connectivity index (χ4v) is 9.20. The van der Waals surface area contributed by atoms with Gasteiger partial charge in [0, 0.05) is 19.3 Å². The van der Waals surface area contributed by atoms with Crippen LogP contribution in [0.3, 0.4) is 0 Å². The standard InChI is InChI=1S/C60H116O6/c1-6-8-9-10-11-12-13-14-15-19-25-30-35-40-45-50-58(61)64-53-57(54-65-59(62)51-46-41-36-31-26-22-21-23-28-33-38-43-48-55(3)4)66-60(63)52-47-42-37-32-27-20-17-16-18-24-29-34-39-44-49-56(5)7-2/h55-57H,6-54H2,1-5H3/t56?,57-/m0/s1. The smallest absolute Gasteiger partial charge is 0.306 e. The van der Waals surface area contributed by atoms with E-state index in [1.165, 1.54) is 225 Å². The lowest BCUT2D eigenvalue weighted by Gasteiger charge is -2.18. The summed E-state index contributed by atoms with van der Waals surface area (Å²) in [5.74, 6) is 0.892. The van der Waals surface area contributed by atoms with Crippen molar-refractivity contribution in [2.24, 2.45) is 11.8 Å². The summed E-state index contributed by atoms with van der Waals surface area (Å²) in [5, 5.41) is 0. The van der Waals surface area contributed by atoms with Gasteiger partial charge in [-0.2, -0.15) is 0 Å². The molecule has 6 heteroatoms. The fourth-order valence-electron chi connectivity index (χ4n) is 9.20. The highest BCUT2D eigenvalue weighted by atomic mass is 16.6. The number of unbranched alkanes of at least 4 members (excludes halogenated alkanes) is 38. The van der Waals surface area contributed by atoms with Crippen molar-refractivity contribution in [1.29, 1.82) is 0 Å². The first-order chi connectivity index (χ1) is 32.3. The third kappa shape index (κ3) is 51.8. The minimum Gasteiger partial charge on any atom is -0.462 e. The van der Waals surface area contributed by atoms with Gasteiger partial charge in [-0.3, -0.25) is 14.4 Å². The van der Waals surface area contributed by atoms with E-state index >= 15 is 0 Å². The molecule has 0 saturated carbocycles. The molecule has 0 spiro atoms. The van der Waals surface area contributed by atoms with E-state index in [1.807, 2.05) is 0 Å². The maximum absolute atomic E-state index is 12.9. The second-order valence-electron chi connectivity index (χ2n) is 21.4. The van der Waals surface area contributed by atoms with Crippen molar-refractivity contribution in [2.75, 3.05) is 13.2 Å². The van der Waals surface area contributed by atoms with Gasteiger partial charge >= 0.3 is 17.9 Å². The van der Waals surface area contributed by atoms with Crippen molar-refractivity contribution in [3.05, 3.63) is 0 Å². The topological polar surface area (TPSA) is 78.9 Å². The van der Waals surface area contributed by atoms with E-state index < -0.39 is 6.10 Å². The highest BCUT2D eigenvalue weighted by Crippen LogP contribution is 2.19. The molecule has 0 N–H and O–H groups in total. The van der Waals surface area contributed by atoms with Crippen LogP contribution in [0.5, 0.6) is 0 Å². The largest absolute Gasteiger partial charge is 0.462 e. The Labute approximate surface area is 412 Å². The van der Waals surface area contributed by atoms with Crippen LogP contribution in [0, 0.1) is 11.8 Å². The molecule has 6 nitrogen and oxygen atoms in total. The molecule has 0 aromatic carbocycles. The third-order valence-corrected chi connectivity index (χ3v) is 14.1. The second-order valence-corrected chi connectivity index (χ2v) is 21.4. The predicted octanol–water partition coefficient (Wildman–Crippen LogP) is 19.7. The van der Waals surface area contributed by atoms with E-state index in [1.54, 1.807) is 0 Å². The summed E-state index contributed by atoms with van der Waals surface area (Å²) in [7, 11) is 0. The molecule has 0 aliphatic heterocycles. The van der Waals surface area contributed by atoms with Crippen molar-refractivity contribution < 1.29 is 28.6 Å². The molecule has 0 aromatic rings. The Balaban J connectivity index is 4.30. The Morgan fingerprint density at radius 2 is 0.576 bits per heavy atom. The first kappa shape index (κ1) is 64.4. The molecule has 1 unspecified atom stereocenters. The van der Waals surface area contributed by atoms with Gasteiger partial charge in [-0.15, -0.1) is 0 Å². The van der Waals surface area contributed by atoms with Crippen LogP contribution >= 0.6 is 0 Å². The monoisotopic (exact) mass is 933 g/mol. The van der Waals surface area contributed by atoms with Crippen LogP contribution in [-0.4, -0.2) is 37.2 Å². The van der Waals surface area contributed by atoms with Crippen molar-refractivity contribution in [3.8, 4) is 0 Å². The summed E-state index contributed by atoms with van der Waals surface area (Å²) >= 11 is 0. The van der Waals surface area contributed by atoms with Gasteiger partial charge in [0.05, 0.1) is 0 Å². The summed E-state index contributed by atoms with van der Waals surface area (Å²) in [5.41, 5.74) is 0. The molecule has 0 saturated heterocycles. The van der Waals surface area contributed by atoms with Crippen LogP contribution in [0.2, 0.25) is 0 Å². The molecule has 0 amide bonds. The number of hydrogen-bond acceptors (Lipinski definition) is 6. The highest BCUT2D eigenvalue weighted by molar-refractivity contribution is 5.71. The number of esters is 3. The Morgan fingerprint density at radius 3 is 0.864 bits per heavy atom. The maximum Gasteiger partial charge on any atom is 0.306 e. The van der Waals surface area contributed by atoms with Gasteiger partial charge in [0.15, 0.2) is 6.10 Å². The number of carbonyl (C=O) groups is 3. The number of rotatable bonds is 54. The minimum atomic E-state index is -0.763. The lowest BCUT2D eigenvalue weighted by Crippen LogP contribution is -2.30.